The molecule has 0 fully saturated rings. The number of anilines is 2. The number of halogens is 2. The molecule has 2 aromatic rings. The van der Waals surface area contributed by atoms with Gasteiger partial charge in [-0.25, -0.2) is 0 Å². The van der Waals surface area contributed by atoms with Gasteiger partial charge in [0.2, 0.25) is 0 Å². The fourth-order valence-electron chi connectivity index (χ4n) is 1.68. The molecule has 19 heavy (non-hydrogen) atoms. The van der Waals surface area contributed by atoms with Gasteiger partial charge in [0.05, 0.1) is 5.56 Å². The van der Waals surface area contributed by atoms with Crippen LogP contribution in [0.4, 0.5) is 11.4 Å². The quantitative estimate of drug-likeness (QED) is 0.804. The lowest BCUT2D eigenvalue weighted by atomic mass is 10.1. The van der Waals surface area contributed by atoms with E-state index in [2.05, 4.69) is 21.2 Å². The lowest BCUT2D eigenvalue weighted by Gasteiger charge is -2.10. The summed E-state index contributed by atoms with van der Waals surface area (Å²) >= 11 is 9.20. The van der Waals surface area contributed by atoms with Crippen LogP contribution in [0.25, 0.3) is 0 Å². The first-order valence-electron chi connectivity index (χ1n) is 5.60. The van der Waals surface area contributed by atoms with Gasteiger partial charge in [0.25, 0.3) is 5.91 Å². The summed E-state index contributed by atoms with van der Waals surface area (Å²) in [6.07, 6.45) is 0. The minimum absolute atomic E-state index is 0.246. The predicted molar refractivity (Wildman–Crippen MR) is 82.7 cm³/mol. The summed E-state index contributed by atoms with van der Waals surface area (Å²) < 4.78 is 0.805. The minimum atomic E-state index is -0.246. The Labute approximate surface area is 124 Å². The number of hydrogen-bond donors (Lipinski definition) is 2. The number of aryl methyl sites for hydroxylation is 1. The van der Waals surface area contributed by atoms with Crippen LogP contribution in [0.1, 0.15) is 15.9 Å². The molecule has 0 heterocycles. The summed E-state index contributed by atoms with van der Waals surface area (Å²) in [6.45, 7) is 1.88. The topological polar surface area (TPSA) is 55.1 Å². The average Bonchev–Trinajstić information content (AvgIpc) is 2.35. The summed E-state index contributed by atoms with van der Waals surface area (Å²) in [5.74, 6) is -0.246. The molecule has 0 unspecified atom stereocenters. The van der Waals surface area contributed by atoms with E-state index in [1.807, 2.05) is 6.92 Å². The first kappa shape index (κ1) is 13.9. The van der Waals surface area contributed by atoms with Crippen molar-refractivity contribution >= 4 is 44.8 Å². The highest BCUT2D eigenvalue weighted by molar-refractivity contribution is 9.10. The van der Waals surface area contributed by atoms with E-state index in [0.29, 0.717) is 22.0 Å². The van der Waals surface area contributed by atoms with Crippen molar-refractivity contribution in [2.45, 2.75) is 6.92 Å². The molecule has 0 aliphatic carbocycles. The SMILES string of the molecule is Cc1cc(Cl)ccc1NC(=O)c1cc(Br)ccc1N. The maximum absolute atomic E-state index is 12.2. The Morgan fingerprint density at radius 2 is 2.00 bits per heavy atom. The van der Waals surface area contributed by atoms with Gasteiger partial charge in [0.1, 0.15) is 0 Å². The van der Waals surface area contributed by atoms with Crippen LogP contribution >= 0.6 is 27.5 Å². The molecule has 0 spiro atoms. The van der Waals surface area contributed by atoms with Crippen molar-refractivity contribution in [1.82, 2.24) is 0 Å². The summed E-state index contributed by atoms with van der Waals surface area (Å²) in [7, 11) is 0. The number of benzene rings is 2. The van der Waals surface area contributed by atoms with Gasteiger partial charge >= 0.3 is 0 Å². The van der Waals surface area contributed by atoms with Gasteiger partial charge in [-0.05, 0) is 48.9 Å². The molecule has 3 N–H and O–H groups in total. The monoisotopic (exact) mass is 338 g/mol. The molecule has 0 saturated heterocycles. The fourth-order valence-corrected chi connectivity index (χ4v) is 2.27. The van der Waals surface area contributed by atoms with Gasteiger partial charge in [-0.2, -0.15) is 0 Å². The highest BCUT2D eigenvalue weighted by Gasteiger charge is 2.11. The van der Waals surface area contributed by atoms with Gasteiger partial charge in [0, 0.05) is 20.9 Å². The first-order chi connectivity index (χ1) is 8.97. The second-order valence-corrected chi connectivity index (χ2v) is 5.50. The molecule has 0 saturated carbocycles. The molecule has 1 amide bonds. The van der Waals surface area contributed by atoms with Gasteiger partial charge in [-0.3, -0.25) is 4.79 Å². The maximum Gasteiger partial charge on any atom is 0.257 e. The number of carbonyl (C=O) groups excluding carboxylic acids is 1. The fraction of sp³-hybridized carbons (Fsp3) is 0.0714. The van der Waals surface area contributed by atoms with Crippen molar-refractivity contribution in [1.29, 1.82) is 0 Å². The molecule has 0 radical (unpaired) electrons. The predicted octanol–water partition coefficient (Wildman–Crippen LogP) is 4.25. The van der Waals surface area contributed by atoms with Gasteiger partial charge in [-0.1, -0.05) is 27.5 Å². The Morgan fingerprint density at radius 3 is 2.68 bits per heavy atom. The number of nitrogen functional groups attached to an aromatic ring is 1. The molecule has 5 heteroatoms. The zero-order valence-electron chi connectivity index (χ0n) is 10.2. The second kappa shape index (κ2) is 5.63. The van der Waals surface area contributed by atoms with Crippen LogP contribution in [-0.4, -0.2) is 5.91 Å². The van der Waals surface area contributed by atoms with Gasteiger partial charge < -0.3 is 11.1 Å². The van der Waals surface area contributed by atoms with E-state index in [-0.39, 0.29) is 5.91 Å². The highest BCUT2D eigenvalue weighted by Crippen LogP contribution is 2.23. The number of carbonyl (C=O) groups is 1. The Kier molecular flexibility index (Phi) is 4.12. The summed E-state index contributed by atoms with van der Waals surface area (Å²) in [6, 6.07) is 10.5. The van der Waals surface area contributed by atoms with E-state index in [9.17, 15) is 4.79 Å². The van der Waals surface area contributed by atoms with E-state index >= 15 is 0 Å². The molecule has 0 aliphatic rings. The highest BCUT2D eigenvalue weighted by atomic mass is 79.9. The standard InChI is InChI=1S/C14H12BrClN2O/c1-8-6-10(16)3-5-13(8)18-14(19)11-7-9(15)2-4-12(11)17/h2-7H,17H2,1H3,(H,18,19). The smallest absolute Gasteiger partial charge is 0.257 e. The summed E-state index contributed by atoms with van der Waals surface area (Å²) in [5, 5.41) is 3.46. The Hall–Kier alpha value is -1.52. The Bertz CT molecular complexity index is 643. The van der Waals surface area contributed by atoms with E-state index < -0.39 is 0 Å². The third kappa shape index (κ3) is 3.28. The van der Waals surface area contributed by atoms with Crippen LogP contribution in [0.3, 0.4) is 0 Å². The van der Waals surface area contributed by atoms with E-state index in [4.69, 9.17) is 17.3 Å². The second-order valence-electron chi connectivity index (χ2n) is 4.14. The normalized spacial score (nSPS) is 10.3. The minimum Gasteiger partial charge on any atom is -0.398 e. The number of rotatable bonds is 2. The van der Waals surface area contributed by atoms with Crippen LogP contribution in [0, 0.1) is 6.92 Å². The van der Waals surface area contributed by atoms with E-state index in [0.717, 1.165) is 10.0 Å². The Balaban J connectivity index is 2.28. The third-order valence-corrected chi connectivity index (χ3v) is 3.42. The van der Waals surface area contributed by atoms with E-state index in [1.165, 1.54) is 0 Å². The Morgan fingerprint density at radius 1 is 1.26 bits per heavy atom. The number of hydrogen-bond acceptors (Lipinski definition) is 2. The van der Waals surface area contributed by atoms with Crippen LogP contribution in [0.15, 0.2) is 40.9 Å². The van der Waals surface area contributed by atoms with Crippen molar-refractivity contribution in [2.24, 2.45) is 0 Å². The maximum atomic E-state index is 12.2. The van der Waals surface area contributed by atoms with Crippen LogP contribution in [0.2, 0.25) is 5.02 Å². The van der Waals surface area contributed by atoms with E-state index in [1.54, 1.807) is 36.4 Å². The van der Waals surface area contributed by atoms with Crippen molar-refractivity contribution in [3.63, 3.8) is 0 Å². The molecule has 2 aromatic carbocycles. The van der Waals surface area contributed by atoms with Crippen molar-refractivity contribution in [3.8, 4) is 0 Å². The molecule has 0 aromatic heterocycles. The molecule has 3 nitrogen and oxygen atoms in total. The van der Waals surface area contributed by atoms with Crippen LogP contribution in [0.5, 0.6) is 0 Å². The summed E-state index contributed by atoms with van der Waals surface area (Å²) in [5.41, 5.74) is 8.29. The lowest BCUT2D eigenvalue weighted by molar-refractivity contribution is 0.102. The first-order valence-corrected chi connectivity index (χ1v) is 6.77. The zero-order valence-corrected chi connectivity index (χ0v) is 12.5. The van der Waals surface area contributed by atoms with Gasteiger partial charge in [0.15, 0.2) is 0 Å². The van der Waals surface area contributed by atoms with Gasteiger partial charge in [-0.15, -0.1) is 0 Å². The number of nitrogens with two attached hydrogens (primary N) is 1. The lowest BCUT2D eigenvalue weighted by Crippen LogP contribution is -2.14. The molecule has 98 valence electrons. The van der Waals surface area contributed by atoms with Crippen molar-refractivity contribution < 1.29 is 4.79 Å². The van der Waals surface area contributed by atoms with Crippen LogP contribution in [-0.2, 0) is 0 Å². The molecule has 2 rings (SSSR count). The van der Waals surface area contributed by atoms with Crippen molar-refractivity contribution in [2.75, 3.05) is 11.1 Å². The largest absolute Gasteiger partial charge is 0.398 e. The molecule has 0 atom stereocenters. The van der Waals surface area contributed by atoms with Crippen LogP contribution < -0.4 is 11.1 Å². The zero-order chi connectivity index (χ0) is 14.0. The molecule has 0 bridgehead atoms. The molecular formula is C14H12BrClN2O. The summed E-state index contributed by atoms with van der Waals surface area (Å²) in [4.78, 5) is 12.2. The molecule has 0 aliphatic heterocycles. The third-order valence-electron chi connectivity index (χ3n) is 2.70. The molecular weight excluding hydrogens is 328 g/mol. The average molecular weight is 340 g/mol. The number of amides is 1. The number of nitrogens with one attached hydrogen (secondary N) is 1. The van der Waals surface area contributed by atoms with Crippen molar-refractivity contribution in [3.05, 3.63) is 57.0 Å².